The van der Waals surface area contributed by atoms with Crippen LogP contribution in [0.5, 0.6) is 0 Å². The van der Waals surface area contributed by atoms with E-state index in [1.165, 1.54) is 6.07 Å². The van der Waals surface area contributed by atoms with Crippen molar-refractivity contribution in [2.45, 2.75) is 31.5 Å². The first-order valence-corrected chi connectivity index (χ1v) is 11.6. The van der Waals surface area contributed by atoms with Gasteiger partial charge in [0.15, 0.2) is 5.65 Å². The maximum Gasteiger partial charge on any atom is 0.416 e. The molecule has 0 aliphatic carbocycles. The lowest BCUT2D eigenvalue weighted by Crippen LogP contribution is -2.41. The van der Waals surface area contributed by atoms with Gasteiger partial charge in [-0.1, -0.05) is 42.5 Å². The van der Waals surface area contributed by atoms with Gasteiger partial charge < -0.3 is 11.5 Å². The first-order chi connectivity index (χ1) is 17.6. The van der Waals surface area contributed by atoms with E-state index in [0.29, 0.717) is 41.1 Å². The molecular weight excluding hydrogens is 479 g/mol. The Labute approximate surface area is 211 Å². The minimum atomic E-state index is -4.51. The predicted octanol–water partition coefficient (Wildman–Crippen LogP) is 4.96. The molecule has 3 aromatic heterocycles. The number of hydrogen-bond acceptors (Lipinski definition) is 6. The van der Waals surface area contributed by atoms with Crippen molar-refractivity contribution in [1.82, 2.24) is 24.6 Å². The number of halogens is 3. The third-order valence-electron chi connectivity index (χ3n) is 6.09. The molecule has 0 saturated heterocycles. The van der Waals surface area contributed by atoms with E-state index in [9.17, 15) is 13.2 Å². The van der Waals surface area contributed by atoms with E-state index in [1.807, 2.05) is 37.3 Å². The Bertz CT molecular complexity index is 1550. The van der Waals surface area contributed by atoms with Gasteiger partial charge >= 0.3 is 6.18 Å². The van der Waals surface area contributed by atoms with Gasteiger partial charge in [-0.25, -0.2) is 9.38 Å². The Morgan fingerprint density at radius 1 is 0.865 bits per heavy atom. The van der Waals surface area contributed by atoms with Gasteiger partial charge in [0.05, 0.1) is 16.8 Å². The van der Waals surface area contributed by atoms with Crippen molar-refractivity contribution in [3.05, 3.63) is 96.1 Å². The van der Waals surface area contributed by atoms with Crippen LogP contribution in [0.2, 0.25) is 0 Å². The lowest BCUT2D eigenvalue weighted by molar-refractivity contribution is -0.137. The zero-order valence-electron chi connectivity index (χ0n) is 19.9. The number of aromatic nitrogens is 5. The van der Waals surface area contributed by atoms with Gasteiger partial charge in [-0.05, 0) is 48.7 Å². The van der Waals surface area contributed by atoms with E-state index in [0.717, 1.165) is 17.7 Å². The normalized spacial score (nSPS) is 13.5. The summed E-state index contributed by atoms with van der Waals surface area (Å²) < 4.78 is 42.3. The molecule has 2 aromatic carbocycles. The van der Waals surface area contributed by atoms with Gasteiger partial charge in [0.2, 0.25) is 5.95 Å². The van der Waals surface area contributed by atoms with Crippen LogP contribution in [-0.2, 0) is 19.0 Å². The molecular formula is C27H24F3N7. The SMILES string of the molecule is C[C@](N)(Cc1ccccc1)Cc1nc(-c2ccncc2)c(-c2cccc(C(F)(F)F)c2)c2nnc(N)n12. The van der Waals surface area contributed by atoms with Gasteiger partial charge in [0.25, 0.3) is 0 Å². The summed E-state index contributed by atoms with van der Waals surface area (Å²) in [5, 5.41) is 8.30. The minimum Gasteiger partial charge on any atom is -0.368 e. The van der Waals surface area contributed by atoms with Crippen LogP contribution in [0, 0.1) is 0 Å². The van der Waals surface area contributed by atoms with Crippen LogP contribution >= 0.6 is 0 Å². The number of anilines is 1. The third-order valence-corrected chi connectivity index (χ3v) is 6.09. The molecule has 5 rings (SSSR count). The smallest absolute Gasteiger partial charge is 0.368 e. The van der Waals surface area contributed by atoms with Crippen molar-refractivity contribution in [3.8, 4) is 22.4 Å². The first kappa shape index (κ1) is 24.4. The average Bonchev–Trinajstić information content (AvgIpc) is 3.26. The molecule has 188 valence electrons. The van der Waals surface area contributed by atoms with Gasteiger partial charge in [-0.3, -0.25) is 4.98 Å². The molecule has 0 bridgehead atoms. The molecule has 37 heavy (non-hydrogen) atoms. The number of hydrogen-bond donors (Lipinski definition) is 2. The lowest BCUT2D eigenvalue weighted by Gasteiger charge is -2.26. The van der Waals surface area contributed by atoms with Crippen molar-refractivity contribution in [2.75, 3.05) is 5.73 Å². The summed E-state index contributed by atoms with van der Waals surface area (Å²) in [4.78, 5) is 8.98. The van der Waals surface area contributed by atoms with Crippen molar-refractivity contribution in [1.29, 1.82) is 0 Å². The molecule has 0 aliphatic rings. The zero-order valence-corrected chi connectivity index (χ0v) is 19.9. The van der Waals surface area contributed by atoms with Crippen LogP contribution in [0.15, 0.2) is 79.1 Å². The highest BCUT2D eigenvalue weighted by Gasteiger charge is 2.32. The van der Waals surface area contributed by atoms with Gasteiger partial charge in [0, 0.05) is 29.9 Å². The average molecular weight is 504 g/mol. The second-order valence-corrected chi connectivity index (χ2v) is 9.28. The second-order valence-electron chi connectivity index (χ2n) is 9.28. The Morgan fingerprint density at radius 2 is 1.59 bits per heavy atom. The van der Waals surface area contributed by atoms with Crippen molar-refractivity contribution in [3.63, 3.8) is 0 Å². The summed E-state index contributed by atoms with van der Waals surface area (Å²) in [6.07, 6.45) is -0.447. The van der Waals surface area contributed by atoms with E-state index < -0.39 is 17.3 Å². The van der Waals surface area contributed by atoms with Crippen molar-refractivity contribution < 1.29 is 13.2 Å². The molecule has 0 unspecified atom stereocenters. The van der Waals surface area contributed by atoms with Gasteiger partial charge in [0.1, 0.15) is 5.82 Å². The number of nitrogens with zero attached hydrogens (tertiary/aromatic N) is 5. The zero-order chi connectivity index (χ0) is 26.2. The summed E-state index contributed by atoms with van der Waals surface area (Å²) in [5.74, 6) is 0.573. The Hall–Kier alpha value is -4.31. The molecule has 3 heterocycles. The van der Waals surface area contributed by atoms with E-state index in [4.69, 9.17) is 16.5 Å². The fourth-order valence-corrected chi connectivity index (χ4v) is 4.49. The lowest BCUT2D eigenvalue weighted by atomic mass is 9.90. The van der Waals surface area contributed by atoms with Crippen molar-refractivity contribution in [2.24, 2.45) is 5.73 Å². The summed E-state index contributed by atoms with van der Waals surface area (Å²) in [6, 6.07) is 18.4. The monoisotopic (exact) mass is 503 g/mol. The number of pyridine rings is 1. The van der Waals surface area contributed by atoms with Crippen LogP contribution in [0.25, 0.3) is 28.0 Å². The van der Waals surface area contributed by atoms with E-state index in [-0.39, 0.29) is 11.5 Å². The number of nitrogens with two attached hydrogens (primary N) is 2. The van der Waals surface area contributed by atoms with Gasteiger partial charge in [-0.2, -0.15) is 13.2 Å². The standard InChI is InChI=1S/C27H24F3N7/c1-26(32,15-17-6-3-2-4-7-17)16-21-34-23(18-10-12-33-13-11-18)22(24-35-36-25(31)37(21)24)19-8-5-9-20(14-19)27(28,29)30/h2-14H,15-16,32H2,1H3,(H2,31,36)/t26-/m0/s1. The number of alkyl halides is 3. The predicted molar refractivity (Wildman–Crippen MR) is 135 cm³/mol. The van der Waals surface area contributed by atoms with Crippen molar-refractivity contribution >= 4 is 11.6 Å². The topological polar surface area (TPSA) is 108 Å². The molecule has 0 amide bonds. The fourth-order valence-electron chi connectivity index (χ4n) is 4.49. The van der Waals surface area contributed by atoms with Crippen LogP contribution in [0.4, 0.5) is 19.1 Å². The molecule has 0 aliphatic heterocycles. The molecule has 5 aromatic rings. The molecule has 1 atom stereocenters. The fraction of sp³-hybridized carbons (Fsp3) is 0.185. The molecule has 0 radical (unpaired) electrons. The molecule has 10 heteroatoms. The number of benzene rings is 2. The first-order valence-electron chi connectivity index (χ1n) is 11.6. The highest BCUT2D eigenvalue weighted by atomic mass is 19.4. The summed E-state index contributed by atoms with van der Waals surface area (Å²) in [6.45, 7) is 1.92. The molecule has 0 saturated carbocycles. The number of fused-ring (bicyclic) bond motifs is 1. The molecule has 0 fully saturated rings. The largest absolute Gasteiger partial charge is 0.416 e. The van der Waals surface area contributed by atoms with Crippen LogP contribution in [0.1, 0.15) is 23.9 Å². The quantitative estimate of drug-likeness (QED) is 0.339. The van der Waals surface area contributed by atoms with Crippen LogP contribution in [0.3, 0.4) is 0 Å². The molecule has 0 spiro atoms. The Kier molecular flexibility index (Phi) is 6.12. The summed E-state index contributed by atoms with van der Waals surface area (Å²) in [5.41, 5.74) is 14.6. The molecule has 7 nitrogen and oxygen atoms in total. The number of nitrogen functional groups attached to an aromatic ring is 1. The van der Waals surface area contributed by atoms with E-state index in [2.05, 4.69) is 15.2 Å². The van der Waals surface area contributed by atoms with Gasteiger partial charge in [-0.15, -0.1) is 10.2 Å². The van der Waals surface area contributed by atoms with Crippen LogP contribution in [-0.4, -0.2) is 30.1 Å². The number of rotatable bonds is 6. The Balaban J connectivity index is 1.72. The molecule has 4 N–H and O–H groups in total. The second kappa shape index (κ2) is 9.29. The maximum absolute atomic E-state index is 13.6. The Morgan fingerprint density at radius 3 is 2.30 bits per heavy atom. The maximum atomic E-state index is 13.6. The minimum absolute atomic E-state index is 0.0718. The summed E-state index contributed by atoms with van der Waals surface area (Å²) >= 11 is 0. The third kappa shape index (κ3) is 5.01. The summed E-state index contributed by atoms with van der Waals surface area (Å²) in [7, 11) is 0. The van der Waals surface area contributed by atoms with E-state index in [1.54, 1.807) is 35.0 Å². The van der Waals surface area contributed by atoms with Crippen LogP contribution < -0.4 is 11.5 Å². The highest BCUT2D eigenvalue weighted by molar-refractivity contribution is 5.90. The van der Waals surface area contributed by atoms with E-state index >= 15 is 0 Å². The highest BCUT2D eigenvalue weighted by Crippen LogP contribution is 2.38.